The standard InChI is InChI=1S/C18H24N2O3/c1-13-6-3-4-7-14(13)15-12-16(15)17(21)19-8-5-9-20(11-10-19)18(22)23-2/h3-4,6-7,15-16H,5,8-12H2,1-2H3/t15-,16-/m0/s1. The van der Waals surface area contributed by atoms with Crippen molar-refractivity contribution in [2.75, 3.05) is 33.3 Å². The lowest BCUT2D eigenvalue weighted by atomic mass is 10.0. The molecule has 2 atom stereocenters. The van der Waals surface area contributed by atoms with Crippen LogP contribution in [0.15, 0.2) is 24.3 Å². The highest BCUT2D eigenvalue weighted by molar-refractivity contribution is 5.83. The Bertz CT molecular complexity index is 602. The summed E-state index contributed by atoms with van der Waals surface area (Å²) >= 11 is 0. The first-order valence-corrected chi connectivity index (χ1v) is 8.29. The maximum atomic E-state index is 12.7. The van der Waals surface area contributed by atoms with E-state index in [2.05, 4.69) is 19.1 Å². The fourth-order valence-electron chi connectivity index (χ4n) is 3.50. The van der Waals surface area contributed by atoms with Gasteiger partial charge in [-0.3, -0.25) is 4.79 Å². The minimum Gasteiger partial charge on any atom is -0.453 e. The lowest BCUT2D eigenvalue weighted by Gasteiger charge is -2.21. The summed E-state index contributed by atoms with van der Waals surface area (Å²) in [4.78, 5) is 28.0. The number of hydrogen-bond donors (Lipinski definition) is 0. The van der Waals surface area contributed by atoms with Crippen LogP contribution in [0.5, 0.6) is 0 Å². The summed E-state index contributed by atoms with van der Waals surface area (Å²) in [7, 11) is 1.40. The van der Waals surface area contributed by atoms with Gasteiger partial charge in [-0.05, 0) is 36.8 Å². The Kier molecular flexibility index (Phi) is 4.55. The molecule has 1 aliphatic heterocycles. The highest BCUT2D eigenvalue weighted by atomic mass is 16.5. The van der Waals surface area contributed by atoms with Crippen molar-refractivity contribution in [2.24, 2.45) is 5.92 Å². The Balaban J connectivity index is 1.60. The van der Waals surface area contributed by atoms with E-state index in [4.69, 9.17) is 4.74 Å². The maximum absolute atomic E-state index is 12.7. The first-order valence-electron chi connectivity index (χ1n) is 8.29. The zero-order valence-electron chi connectivity index (χ0n) is 13.8. The third-order valence-electron chi connectivity index (χ3n) is 4.94. The smallest absolute Gasteiger partial charge is 0.409 e. The Morgan fingerprint density at radius 2 is 1.78 bits per heavy atom. The lowest BCUT2D eigenvalue weighted by molar-refractivity contribution is -0.132. The minimum atomic E-state index is -0.302. The van der Waals surface area contributed by atoms with E-state index in [1.165, 1.54) is 18.2 Å². The lowest BCUT2D eigenvalue weighted by Crippen LogP contribution is -2.38. The number of hydrogen-bond acceptors (Lipinski definition) is 3. The topological polar surface area (TPSA) is 49.9 Å². The van der Waals surface area contributed by atoms with Crippen molar-refractivity contribution in [3.8, 4) is 0 Å². The van der Waals surface area contributed by atoms with Gasteiger partial charge >= 0.3 is 6.09 Å². The van der Waals surface area contributed by atoms with E-state index < -0.39 is 0 Å². The Morgan fingerprint density at radius 1 is 1.09 bits per heavy atom. The number of carbonyl (C=O) groups excluding carboxylic acids is 2. The summed E-state index contributed by atoms with van der Waals surface area (Å²) in [6.07, 6.45) is 1.45. The van der Waals surface area contributed by atoms with Gasteiger partial charge in [0.2, 0.25) is 5.91 Å². The molecule has 124 valence electrons. The van der Waals surface area contributed by atoms with Crippen LogP contribution in [0.1, 0.15) is 29.9 Å². The van der Waals surface area contributed by atoms with Gasteiger partial charge in [0.1, 0.15) is 0 Å². The second-order valence-electron chi connectivity index (χ2n) is 6.44. The fourth-order valence-corrected chi connectivity index (χ4v) is 3.50. The summed E-state index contributed by atoms with van der Waals surface area (Å²) in [6.45, 7) is 4.64. The van der Waals surface area contributed by atoms with E-state index in [9.17, 15) is 9.59 Å². The van der Waals surface area contributed by atoms with Crippen LogP contribution in [0.3, 0.4) is 0 Å². The molecule has 1 aromatic rings. The van der Waals surface area contributed by atoms with Crippen molar-refractivity contribution < 1.29 is 14.3 Å². The highest BCUT2D eigenvalue weighted by Crippen LogP contribution is 2.49. The molecule has 1 saturated heterocycles. The number of benzene rings is 1. The van der Waals surface area contributed by atoms with Gasteiger partial charge < -0.3 is 14.5 Å². The zero-order valence-corrected chi connectivity index (χ0v) is 13.8. The molecule has 0 spiro atoms. The molecular weight excluding hydrogens is 292 g/mol. The first-order chi connectivity index (χ1) is 11.1. The van der Waals surface area contributed by atoms with Crippen molar-refractivity contribution >= 4 is 12.0 Å². The maximum Gasteiger partial charge on any atom is 0.409 e. The molecular formula is C18H24N2O3. The molecule has 1 heterocycles. The summed E-state index contributed by atoms with van der Waals surface area (Å²) in [5.74, 6) is 0.717. The Morgan fingerprint density at radius 3 is 2.52 bits per heavy atom. The average molecular weight is 316 g/mol. The molecule has 23 heavy (non-hydrogen) atoms. The van der Waals surface area contributed by atoms with Crippen LogP contribution in [0.2, 0.25) is 0 Å². The summed E-state index contributed by atoms with van der Waals surface area (Å²) < 4.78 is 4.77. The van der Waals surface area contributed by atoms with Crippen LogP contribution in [-0.4, -0.2) is 55.1 Å². The number of nitrogens with zero attached hydrogens (tertiary/aromatic N) is 2. The van der Waals surface area contributed by atoms with Crippen molar-refractivity contribution in [3.05, 3.63) is 35.4 Å². The van der Waals surface area contributed by atoms with Crippen molar-refractivity contribution in [1.82, 2.24) is 9.80 Å². The molecule has 1 aromatic carbocycles. The normalized spacial score (nSPS) is 24.1. The van der Waals surface area contributed by atoms with Gasteiger partial charge in [0.05, 0.1) is 7.11 Å². The quantitative estimate of drug-likeness (QED) is 0.842. The largest absolute Gasteiger partial charge is 0.453 e. The van der Waals surface area contributed by atoms with Crippen molar-refractivity contribution in [2.45, 2.75) is 25.7 Å². The van der Waals surface area contributed by atoms with Crippen LogP contribution in [0.25, 0.3) is 0 Å². The molecule has 2 amide bonds. The van der Waals surface area contributed by atoms with E-state index in [0.29, 0.717) is 25.6 Å². The number of methoxy groups -OCH3 is 1. The molecule has 0 N–H and O–H groups in total. The van der Waals surface area contributed by atoms with Crippen LogP contribution in [0.4, 0.5) is 4.79 Å². The van der Waals surface area contributed by atoms with Gasteiger partial charge in [-0.1, -0.05) is 24.3 Å². The molecule has 0 aromatic heterocycles. The van der Waals surface area contributed by atoms with Crippen LogP contribution in [-0.2, 0) is 9.53 Å². The van der Waals surface area contributed by atoms with E-state index in [-0.39, 0.29) is 17.9 Å². The molecule has 2 fully saturated rings. The molecule has 5 nitrogen and oxygen atoms in total. The van der Waals surface area contributed by atoms with Gasteiger partial charge in [-0.25, -0.2) is 4.79 Å². The zero-order chi connectivity index (χ0) is 16.4. The molecule has 0 bridgehead atoms. The van der Waals surface area contributed by atoms with Crippen molar-refractivity contribution in [3.63, 3.8) is 0 Å². The number of aryl methyl sites for hydroxylation is 1. The van der Waals surface area contributed by atoms with Gasteiger partial charge in [0.15, 0.2) is 0 Å². The Labute approximate surface area is 137 Å². The van der Waals surface area contributed by atoms with E-state index in [0.717, 1.165) is 19.4 Å². The minimum absolute atomic E-state index is 0.112. The molecule has 3 rings (SSSR count). The number of amides is 2. The molecule has 5 heteroatoms. The van der Waals surface area contributed by atoms with Crippen LogP contribution in [0, 0.1) is 12.8 Å². The first kappa shape index (κ1) is 15.8. The van der Waals surface area contributed by atoms with E-state index in [1.54, 1.807) is 4.90 Å². The van der Waals surface area contributed by atoms with Gasteiger partial charge in [0.25, 0.3) is 0 Å². The number of carbonyl (C=O) groups is 2. The molecule has 1 aliphatic carbocycles. The predicted molar refractivity (Wildman–Crippen MR) is 87.2 cm³/mol. The average Bonchev–Trinajstić information content (AvgIpc) is 3.37. The van der Waals surface area contributed by atoms with E-state index >= 15 is 0 Å². The second kappa shape index (κ2) is 6.60. The number of ether oxygens (including phenoxy) is 1. The molecule has 2 aliphatic rings. The Hall–Kier alpha value is -2.04. The van der Waals surface area contributed by atoms with Crippen molar-refractivity contribution in [1.29, 1.82) is 0 Å². The second-order valence-corrected chi connectivity index (χ2v) is 6.44. The highest BCUT2D eigenvalue weighted by Gasteiger charge is 2.46. The summed E-state index contributed by atoms with van der Waals surface area (Å²) in [6, 6.07) is 8.32. The fraction of sp³-hybridized carbons (Fsp3) is 0.556. The van der Waals surface area contributed by atoms with Gasteiger partial charge in [0, 0.05) is 32.1 Å². The third-order valence-corrected chi connectivity index (χ3v) is 4.94. The van der Waals surface area contributed by atoms with Gasteiger partial charge in [-0.15, -0.1) is 0 Å². The van der Waals surface area contributed by atoms with E-state index in [1.807, 2.05) is 17.0 Å². The monoisotopic (exact) mass is 316 g/mol. The molecule has 0 unspecified atom stereocenters. The summed E-state index contributed by atoms with van der Waals surface area (Å²) in [5, 5.41) is 0. The van der Waals surface area contributed by atoms with Gasteiger partial charge in [-0.2, -0.15) is 0 Å². The van der Waals surface area contributed by atoms with Crippen LogP contribution < -0.4 is 0 Å². The summed E-state index contributed by atoms with van der Waals surface area (Å²) in [5.41, 5.74) is 2.57. The SMILES string of the molecule is COC(=O)N1CCCN(C(=O)[C@H]2C[C@H]2c2ccccc2C)CC1. The molecule has 0 radical (unpaired) electrons. The number of rotatable bonds is 2. The third kappa shape index (κ3) is 3.33. The van der Waals surface area contributed by atoms with Crippen LogP contribution >= 0.6 is 0 Å². The molecule has 1 saturated carbocycles. The predicted octanol–water partition coefficient (Wildman–Crippen LogP) is 2.40.